The van der Waals surface area contributed by atoms with Gasteiger partial charge in [-0.25, -0.2) is 4.98 Å². The lowest BCUT2D eigenvalue weighted by atomic mass is 10.2. The van der Waals surface area contributed by atoms with Crippen molar-refractivity contribution in [2.45, 2.75) is 0 Å². The maximum Gasteiger partial charge on any atom is 0.167 e. The molecule has 5 nitrogen and oxygen atoms in total. The van der Waals surface area contributed by atoms with Gasteiger partial charge in [0.05, 0.1) is 11.4 Å². The summed E-state index contributed by atoms with van der Waals surface area (Å²) in [4.78, 5) is 13.4. The van der Waals surface area contributed by atoms with Crippen molar-refractivity contribution < 1.29 is 0 Å². The van der Waals surface area contributed by atoms with Crippen molar-refractivity contribution in [3.63, 3.8) is 0 Å². The highest BCUT2D eigenvalue weighted by Crippen LogP contribution is 2.36. The quantitative estimate of drug-likeness (QED) is 0.448. The SMILES string of the molecule is c1ccc(-c2cc3sccc3c(-c3nnc(-c4cccnc4)s3)n2)nc1. The van der Waals surface area contributed by atoms with Gasteiger partial charge in [-0.1, -0.05) is 17.4 Å². The van der Waals surface area contributed by atoms with Gasteiger partial charge >= 0.3 is 0 Å². The summed E-state index contributed by atoms with van der Waals surface area (Å²) in [5.41, 5.74) is 3.49. The molecule has 0 aliphatic heterocycles. The minimum Gasteiger partial charge on any atom is -0.264 e. The first-order valence-electron chi connectivity index (χ1n) is 7.92. The van der Waals surface area contributed by atoms with Crippen LogP contribution in [0.2, 0.25) is 0 Å². The Bertz CT molecular complexity index is 1180. The van der Waals surface area contributed by atoms with Crippen LogP contribution >= 0.6 is 22.7 Å². The molecule has 26 heavy (non-hydrogen) atoms. The minimum absolute atomic E-state index is 0.796. The molecule has 0 aromatic carbocycles. The van der Waals surface area contributed by atoms with Crippen molar-refractivity contribution in [3.8, 4) is 32.7 Å². The third-order valence-corrected chi connectivity index (χ3v) is 5.76. The van der Waals surface area contributed by atoms with Crippen molar-refractivity contribution in [2.75, 3.05) is 0 Å². The third-order valence-electron chi connectivity index (χ3n) is 3.91. The maximum atomic E-state index is 4.86. The first kappa shape index (κ1) is 15.2. The highest BCUT2D eigenvalue weighted by molar-refractivity contribution is 7.18. The number of aromatic nitrogens is 5. The Morgan fingerprint density at radius 2 is 1.81 bits per heavy atom. The monoisotopic (exact) mass is 373 g/mol. The zero-order valence-electron chi connectivity index (χ0n) is 13.4. The van der Waals surface area contributed by atoms with Gasteiger partial charge in [-0.3, -0.25) is 9.97 Å². The topological polar surface area (TPSA) is 64.5 Å². The van der Waals surface area contributed by atoms with Gasteiger partial charge < -0.3 is 0 Å². The second-order valence-corrected chi connectivity index (χ2v) is 7.48. The van der Waals surface area contributed by atoms with Crippen molar-refractivity contribution in [2.24, 2.45) is 0 Å². The van der Waals surface area contributed by atoms with E-state index >= 15 is 0 Å². The number of hydrogen-bond acceptors (Lipinski definition) is 7. The van der Waals surface area contributed by atoms with Gasteiger partial charge in [-0.2, -0.15) is 0 Å². The Hall–Kier alpha value is -3.03. The number of nitrogens with zero attached hydrogens (tertiary/aromatic N) is 5. The molecule has 7 heteroatoms. The zero-order valence-corrected chi connectivity index (χ0v) is 15.0. The van der Waals surface area contributed by atoms with Crippen LogP contribution in [0.25, 0.3) is 42.7 Å². The molecule has 0 saturated carbocycles. The lowest BCUT2D eigenvalue weighted by molar-refractivity contribution is 1.09. The van der Waals surface area contributed by atoms with Crippen LogP contribution in [-0.4, -0.2) is 25.1 Å². The number of hydrogen-bond donors (Lipinski definition) is 0. The third kappa shape index (κ3) is 2.67. The second-order valence-electron chi connectivity index (χ2n) is 5.56. The van der Waals surface area contributed by atoms with Crippen molar-refractivity contribution >= 4 is 32.8 Å². The molecule has 0 aliphatic rings. The van der Waals surface area contributed by atoms with Gasteiger partial charge in [0, 0.05) is 34.2 Å². The van der Waals surface area contributed by atoms with Crippen molar-refractivity contribution in [1.29, 1.82) is 0 Å². The predicted octanol–water partition coefficient (Wildman–Crippen LogP) is 4.94. The normalized spacial score (nSPS) is 11.1. The van der Waals surface area contributed by atoms with Gasteiger partial charge in [-0.15, -0.1) is 21.5 Å². The number of fused-ring (bicyclic) bond motifs is 1. The van der Waals surface area contributed by atoms with Crippen LogP contribution in [0.4, 0.5) is 0 Å². The van der Waals surface area contributed by atoms with E-state index in [1.165, 1.54) is 11.3 Å². The fourth-order valence-electron chi connectivity index (χ4n) is 2.70. The molecule has 0 unspecified atom stereocenters. The average Bonchev–Trinajstić information content (AvgIpc) is 3.38. The van der Waals surface area contributed by atoms with E-state index < -0.39 is 0 Å². The zero-order chi connectivity index (χ0) is 17.3. The van der Waals surface area contributed by atoms with Crippen LogP contribution in [0.5, 0.6) is 0 Å². The molecule has 0 saturated heterocycles. The van der Waals surface area contributed by atoms with E-state index in [-0.39, 0.29) is 0 Å². The fourth-order valence-corrected chi connectivity index (χ4v) is 4.36. The summed E-state index contributed by atoms with van der Waals surface area (Å²) in [5, 5.41) is 13.5. The Labute approximate surface area is 157 Å². The van der Waals surface area contributed by atoms with E-state index in [4.69, 9.17) is 4.98 Å². The van der Waals surface area contributed by atoms with Crippen LogP contribution in [0, 0.1) is 0 Å². The Morgan fingerprint density at radius 1 is 0.846 bits per heavy atom. The Kier molecular flexibility index (Phi) is 3.73. The van der Waals surface area contributed by atoms with Crippen molar-refractivity contribution in [1.82, 2.24) is 25.1 Å². The van der Waals surface area contributed by atoms with E-state index in [0.29, 0.717) is 0 Å². The molecule has 124 valence electrons. The van der Waals surface area contributed by atoms with E-state index in [1.54, 1.807) is 29.9 Å². The summed E-state index contributed by atoms with van der Waals surface area (Å²) >= 11 is 3.21. The minimum atomic E-state index is 0.796. The molecule has 0 N–H and O–H groups in total. The summed E-state index contributed by atoms with van der Waals surface area (Å²) in [5.74, 6) is 0. The number of rotatable bonds is 3. The predicted molar refractivity (Wildman–Crippen MR) is 105 cm³/mol. The molecule has 0 spiro atoms. The van der Waals surface area contributed by atoms with E-state index in [9.17, 15) is 0 Å². The first-order valence-corrected chi connectivity index (χ1v) is 9.62. The molecule has 5 rings (SSSR count). The van der Waals surface area contributed by atoms with Crippen LogP contribution in [-0.2, 0) is 0 Å². The van der Waals surface area contributed by atoms with Gasteiger partial charge in [-0.05, 0) is 41.8 Å². The Balaban J connectivity index is 1.67. The number of thiophene rings is 1. The molecule has 0 atom stereocenters. The summed E-state index contributed by atoms with van der Waals surface area (Å²) in [6.45, 7) is 0. The lowest BCUT2D eigenvalue weighted by Gasteiger charge is -2.04. The molecule has 5 aromatic heterocycles. The maximum absolute atomic E-state index is 4.86. The summed E-state index contributed by atoms with van der Waals surface area (Å²) in [7, 11) is 0. The molecular formula is C19H11N5S2. The first-order chi connectivity index (χ1) is 12.9. The summed E-state index contributed by atoms with van der Waals surface area (Å²) in [6, 6.07) is 13.9. The highest BCUT2D eigenvalue weighted by atomic mass is 32.1. The standard InChI is InChI=1S/C19H11N5S2/c1-2-8-21-14(5-1)15-10-16-13(6-9-25-16)17(22-15)19-24-23-18(26-19)12-4-3-7-20-11-12/h1-11H. The molecule has 0 fully saturated rings. The Morgan fingerprint density at radius 3 is 2.65 bits per heavy atom. The van der Waals surface area contributed by atoms with Crippen LogP contribution in [0.15, 0.2) is 66.4 Å². The summed E-state index contributed by atoms with van der Waals surface area (Å²) < 4.78 is 1.16. The van der Waals surface area contributed by atoms with Gasteiger partial charge in [0.1, 0.15) is 10.7 Å². The number of pyridine rings is 3. The van der Waals surface area contributed by atoms with Gasteiger partial charge in [0.2, 0.25) is 0 Å². The van der Waals surface area contributed by atoms with Crippen LogP contribution in [0.3, 0.4) is 0 Å². The average molecular weight is 373 g/mol. The van der Waals surface area contributed by atoms with Crippen LogP contribution in [0.1, 0.15) is 0 Å². The van der Waals surface area contributed by atoms with Gasteiger partial charge in [0.15, 0.2) is 5.01 Å². The largest absolute Gasteiger partial charge is 0.264 e. The van der Waals surface area contributed by atoms with Gasteiger partial charge in [0.25, 0.3) is 0 Å². The lowest BCUT2D eigenvalue weighted by Crippen LogP contribution is -1.90. The second kappa shape index (κ2) is 6.36. The van der Waals surface area contributed by atoms with Crippen molar-refractivity contribution in [3.05, 3.63) is 66.4 Å². The molecule has 0 radical (unpaired) electrons. The summed E-state index contributed by atoms with van der Waals surface area (Å²) in [6.07, 6.45) is 5.32. The molecule has 5 heterocycles. The smallest absolute Gasteiger partial charge is 0.167 e. The fraction of sp³-hybridized carbons (Fsp3) is 0. The molecule has 0 bridgehead atoms. The molecular weight excluding hydrogens is 362 g/mol. The molecule has 0 aliphatic carbocycles. The van der Waals surface area contributed by atoms with E-state index in [0.717, 1.165) is 42.7 Å². The molecule has 5 aromatic rings. The van der Waals surface area contributed by atoms with E-state index in [1.807, 2.05) is 30.3 Å². The molecule has 0 amide bonds. The highest BCUT2D eigenvalue weighted by Gasteiger charge is 2.16. The van der Waals surface area contributed by atoms with E-state index in [2.05, 4.69) is 37.7 Å². The van der Waals surface area contributed by atoms with Crippen LogP contribution < -0.4 is 0 Å².